The zero-order chi connectivity index (χ0) is 13.7. The average molecular weight is 259 g/mol. The average Bonchev–Trinajstić information content (AvgIpc) is 2.93. The fraction of sp³-hybridized carbons (Fsp3) is 0.154. The van der Waals surface area contributed by atoms with Gasteiger partial charge in [0, 0.05) is 11.9 Å². The molecular formula is C13H13N3O3. The maximum atomic E-state index is 11.8. The van der Waals surface area contributed by atoms with Gasteiger partial charge in [0.05, 0.1) is 13.5 Å². The summed E-state index contributed by atoms with van der Waals surface area (Å²) in [5, 5.41) is 9.00. The second-order valence-corrected chi connectivity index (χ2v) is 3.88. The van der Waals surface area contributed by atoms with Gasteiger partial charge in [-0.1, -0.05) is 12.1 Å². The highest BCUT2D eigenvalue weighted by molar-refractivity contribution is 6.02. The van der Waals surface area contributed by atoms with E-state index in [1.165, 1.54) is 13.3 Å². The Morgan fingerprint density at radius 2 is 2.21 bits per heavy atom. The summed E-state index contributed by atoms with van der Waals surface area (Å²) in [5.41, 5.74) is 1.76. The molecular weight excluding hydrogens is 246 g/mol. The van der Waals surface area contributed by atoms with E-state index in [0.717, 1.165) is 5.56 Å². The van der Waals surface area contributed by atoms with Gasteiger partial charge in [-0.3, -0.25) is 14.7 Å². The number of H-pyrrole nitrogens is 1. The number of carbonyl (C=O) groups is 2. The van der Waals surface area contributed by atoms with Gasteiger partial charge in [-0.25, -0.2) is 0 Å². The van der Waals surface area contributed by atoms with Crippen molar-refractivity contribution in [1.82, 2.24) is 10.2 Å². The third kappa shape index (κ3) is 3.41. The number of hydrogen-bond donors (Lipinski definition) is 2. The van der Waals surface area contributed by atoms with E-state index < -0.39 is 0 Å². The van der Waals surface area contributed by atoms with Gasteiger partial charge in [0.2, 0.25) is 0 Å². The van der Waals surface area contributed by atoms with Crippen molar-refractivity contribution in [1.29, 1.82) is 0 Å². The summed E-state index contributed by atoms with van der Waals surface area (Å²) in [5.74, 6) is -0.607. The molecule has 1 heterocycles. The number of anilines is 1. The first-order valence-electron chi connectivity index (χ1n) is 5.65. The van der Waals surface area contributed by atoms with E-state index in [1.807, 2.05) is 0 Å². The Bertz CT molecular complexity index is 579. The van der Waals surface area contributed by atoms with Gasteiger partial charge in [0.15, 0.2) is 0 Å². The zero-order valence-electron chi connectivity index (χ0n) is 10.3. The van der Waals surface area contributed by atoms with Crippen LogP contribution in [-0.2, 0) is 16.0 Å². The van der Waals surface area contributed by atoms with Crippen LogP contribution in [0.5, 0.6) is 0 Å². The van der Waals surface area contributed by atoms with E-state index in [4.69, 9.17) is 0 Å². The molecule has 0 bridgehead atoms. The van der Waals surface area contributed by atoms with E-state index in [-0.39, 0.29) is 18.3 Å². The lowest BCUT2D eigenvalue weighted by atomic mass is 10.1. The lowest BCUT2D eigenvalue weighted by molar-refractivity contribution is -0.139. The molecule has 2 N–H and O–H groups in total. The number of nitrogens with one attached hydrogen (secondary N) is 2. The molecule has 6 nitrogen and oxygen atoms in total. The van der Waals surface area contributed by atoms with Gasteiger partial charge >= 0.3 is 5.97 Å². The van der Waals surface area contributed by atoms with Crippen molar-refractivity contribution in [3.05, 3.63) is 47.8 Å². The van der Waals surface area contributed by atoms with E-state index in [9.17, 15) is 9.59 Å². The van der Waals surface area contributed by atoms with Gasteiger partial charge < -0.3 is 10.1 Å². The monoisotopic (exact) mass is 259 g/mol. The minimum absolute atomic E-state index is 0.171. The van der Waals surface area contributed by atoms with Gasteiger partial charge in [0.1, 0.15) is 5.69 Å². The van der Waals surface area contributed by atoms with Gasteiger partial charge in [-0.2, -0.15) is 5.10 Å². The molecule has 0 saturated carbocycles. The van der Waals surface area contributed by atoms with Crippen LogP contribution in [0, 0.1) is 0 Å². The number of nitrogens with zero attached hydrogens (tertiary/aromatic N) is 1. The SMILES string of the molecule is COC(=O)Cc1cccc(NC(=O)c2ccn[nH]2)c1. The Labute approximate surface area is 109 Å². The maximum absolute atomic E-state index is 11.8. The van der Waals surface area contributed by atoms with Crippen molar-refractivity contribution in [3.63, 3.8) is 0 Å². The molecule has 2 rings (SSSR count). The van der Waals surface area contributed by atoms with Crippen LogP contribution < -0.4 is 5.32 Å². The molecule has 0 aliphatic heterocycles. The van der Waals surface area contributed by atoms with Crippen molar-refractivity contribution in [2.75, 3.05) is 12.4 Å². The largest absolute Gasteiger partial charge is 0.469 e. The maximum Gasteiger partial charge on any atom is 0.309 e. The topological polar surface area (TPSA) is 84.1 Å². The molecule has 0 radical (unpaired) electrons. The summed E-state index contributed by atoms with van der Waals surface area (Å²) in [4.78, 5) is 23.0. The molecule has 1 aromatic heterocycles. The Kier molecular flexibility index (Phi) is 3.92. The fourth-order valence-corrected chi connectivity index (χ4v) is 1.58. The standard InChI is InChI=1S/C13H13N3O3/c1-19-12(17)8-9-3-2-4-10(7-9)15-13(18)11-5-6-14-16-11/h2-7H,8H2,1H3,(H,14,16)(H,15,18). The molecule has 19 heavy (non-hydrogen) atoms. The summed E-state index contributed by atoms with van der Waals surface area (Å²) in [6.45, 7) is 0. The highest BCUT2D eigenvalue weighted by atomic mass is 16.5. The summed E-state index contributed by atoms with van der Waals surface area (Å²) >= 11 is 0. The van der Waals surface area contributed by atoms with Crippen molar-refractivity contribution in [2.45, 2.75) is 6.42 Å². The Morgan fingerprint density at radius 3 is 2.89 bits per heavy atom. The second kappa shape index (κ2) is 5.81. The van der Waals surface area contributed by atoms with Crippen molar-refractivity contribution >= 4 is 17.6 Å². The molecule has 0 aliphatic rings. The smallest absolute Gasteiger partial charge is 0.309 e. The third-order valence-corrected chi connectivity index (χ3v) is 2.51. The minimum Gasteiger partial charge on any atom is -0.469 e. The number of hydrogen-bond acceptors (Lipinski definition) is 4. The number of rotatable bonds is 4. The number of aromatic amines is 1. The number of ether oxygens (including phenoxy) is 1. The van der Waals surface area contributed by atoms with Crippen LogP contribution in [0.2, 0.25) is 0 Å². The highest BCUT2D eigenvalue weighted by Crippen LogP contribution is 2.12. The van der Waals surface area contributed by atoms with Crippen LogP contribution in [0.25, 0.3) is 0 Å². The summed E-state index contributed by atoms with van der Waals surface area (Å²) in [6.07, 6.45) is 1.67. The lowest BCUT2D eigenvalue weighted by Gasteiger charge is -2.06. The van der Waals surface area contributed by atoms with E-state index in [2.05, 4.69) is 20.3 Å². The molecule has 0 aliphatic carbocycles. The van der Waals surface area contributed by atoms with Crippen LogP contribution in [0.15, 0.2) is 36.5 Å². The Balaban J connectivity index is 2.07. The predicted octanol–water partition coefficient (Wildman–Crippen LogP) is 1.38. The summed E-state index contributed by atoms with van der Waals surface area (Å²) in [7, 11) is 1.34. The van der Waals surface area contributed by atoms with E-state index in [1.54, 1.807) is 30.3 Å². The molecule has 1 aromatic carbocycles. The normalized spacial score (nSPS) is 9.95. The molecule has 6 heteroatoms. The van der Waals surface area contributed by atoms with Crippen molar-refractivity contribution in [3.8, 4) is 0 Å². The molecule has 0 spiro atoms. The second-order valence-electron chi connectivity index (χ2n) is 3.88. The Morgan fingerprint density at radius 1 is 1.37 bits per heavy atom. The first kappa shape index (κ1) is 12.8. The molecule has 98 valence electrons. The number of carbonyl (C=O) groups excluding carboxylic acids is 2. The van der Waals surface area contributed by atoms with Gasteiger partial charge in [0.25, 0.3) is 5.91 Å². The fourth-order valence-electron chi connectivity index (χ4n) is 1.58. The molecule has 2 aromatic rings. The van der Waals surface area contributed by atoms with Gasteiger partial charge in [-0.05, 0) is 23.8 Å². The summed E-state index contributed by atoms with van der Waals surface area (Å²) in [6, 6.07) is 8.61. The van der Waals surface area contributed by atoms with Crippen LogP contribution in [0.3, 0.4) is 0 Å². The number of benzene rings is 1. The molecule has 0 unspecified atom stereocenters. The first-order chi connectivity index (χ1) is 9.19. The number of amides is 1. The molecule has 0 atom stereocenters. The number of methoxy groups -OCH3 is 1. The minimum atomic E-state index is -0.322. The van der Waals surface area contributed by atoms with Crippen molar-refractivity contribution in [2.24, 2.45) is 0 Å². The lowest BCUT2D eigenvalue weighted by Crippen LogP contribution is -2.13. The first-order valence-corrected chi connectivity index (χ1v) is 5.65. The third-order valence-electron chi connectivity index (χ3n) is 2.51. The summed E-state index contributed by atoms with van der Waals surface area (Å²) < 4.78 is 4.59. The van der Waals surface area contributed by atoms with Crippen LogP contribution >= 0.6 is 0 Å². The number of aromatic nitrogens is 2. The molecule has 0 fully saturated rings. The molecule has 1 amide bonds. The van der Waals surface area contributed by atoms with Crippen molar-refractivity contribution < 1.29 is 14.3 Å². The van der Waals surface area contributed by atoms with Crippen LogP contribution in [-0.4, -0.2) is 29.2 Å². The van der Waals surface area contributed by atoms with Crippen LogP contribution in [0.4, 0.5) is 5.69 Å². The van der Waals surface area contributed by atoms with Crippen LogP contribution in [0.1, 0.15) is 16.1 Å². The zero-order valence-corrected chi connectivity index (χ0v) is 10.3. The van der Waals surface area contributed by atoms with Gasteiger partial charge in [-0.15, -0.1) is 0 Å². The van der Waals surface area contributed by atoms with E-state index >= 15 is 0 Å². The number of esters is 1. The predicted molar refractivity (Wildman–Crippen MR) is 68.7 cm³/mol. The quantitative estimate of drug-likeness (QED) is 0.812. The highest BCUT2D eigenvalue weighted by Gasteiger charge is 2.08. The van der Waals surface area contributed by atoms with E-state index in [0.29, 0.717) is 11.4 Å². The molecule has 0 saturated heterocycles. The Hall–Kier alpha value is -2.63.